The van der Waals surface area contributed by atoms with Crippen LogP contribution in [0.1, 0.15) is 120 Å². The second-order valence-electron chi connectivity index (χ2n) is 18.9. The van der Waals surface area contributed by atoms with Gasteiger partial charge in [0, 0.05) is 59.4 Å². The lowest BCUT2D eigenvalue weighted by Gasteiger charge is -2.57. The Balaban J connectivity index is 1.14. The number of anilines is 1. The molecule has 1 aromatic heterocycles. The fourth-order valence-electron chi connectivity index (χ4n) is 13.5. The number of rotatable bonds is 5. The highest BCUT2D eigenvalue weighted by atomic mass is 33.1. The van der Waals surface area contributed by atoms with Gasteiger partial charge in [0.05, 0.1) is 11.0 Å². The van der Waals surface area contributed by atoms with Crippen LogP contribution in [0.15, 0.2) is 76.5 Å². The molecule has 1 spiro atoms. The summed E-state index contributed by atoms with van der Waals surface area (Å²) in [5.41, 5.74) is 3.37. The second kappa shape index (κ2) is 14.9. The quantitative estimate of drug-likeness (QED) is 0.167. The molecule has 2 N–H and O–H groups in total. The van der Waals surface area contributed by atoms with Gasteiger partial charge in [-0.2, -0.15) is 0 Å². The van der Waals surface area contributed by atoms with E-state index in [0.29, 0.717) is 47.9 Å². The molecule has 6 aliphatic carbocycles. The first-order valence-electron chi connectivity index (χ1n) is 22.5. The van der Waals surface area contributed by atoms with Gasteiger partial charge in [-0.25, -0.2) is 14.6 Å². The monoisotopic (exact) mass is 847 g/mol. The van der Waals surface area contributed by atoms with Crippen molar-refractivity contribution in [2.24, 2.45) is 40.4 Å². The van der Waals surface area contributed by atoms with Gasteiger partial charge in [0.2, 0.25) is 0 Å². The summed E-state index contributed by atoms with van der Waals surface area (Å²) in [4.78, 5) is 62.5. The predicted molar refractivity (Wildman–Crippen MR) is 230 cm³/mol. The van der Waals surface area contributed by atoms with Gasteiger partial charge in [0.25, 0.3) is 11.8 Å². The molecule has 9 bridgehead atoms. The lowest BCUT2D eigenvalue weighted by atomic mass is 9.43. The molecule has 60 heavy (non-hydrogen) atoms. The number of hydrogen-bond acceptors (Lipinski definition) is 11. The standard InChI is InChI=1S/C48H53N3O7S2/c1-2-47(20-6-7-21-47)24-34-32-11-10-30-29-18-22-48(41(30)40(32)44(54)57-34)35-14-12-27(26-8-4-3-5-9-26)46(56)60-59-36-15-13-31-28(19-23-49-43(31)50-36)33(39(29)42(48)45(55)58-35)25-51-37(52)16-17-38(51)53/h13-17,19,23-24,26-27,29-30,33,36,41,46,56H,2-12,18,20-22,25H2,1H3,(H,49,50). The Morgan fingerprint density at radius 1 is 0.933 bits per heavy atom. The number of pyridine rings is 1. The van der Waals surface area contributed by atoms with Crippen molar-refractivity contribution < 1.29 is 33.8 Å². The van der Waals surface area contributed by atoms with E-state index in [0.717, 1.165) is 85.8 Å². The van der Waals surface area contributed by atoms with Crippen molar-refractivity contribution in [3.63, 3.8) is 0 Å². The van der Waals surface area contributed by atoms with Crippen LogP contribution >= 0.6 is 21.6 Å². The number of carbonyl (C=O) groups excluding carboxylic acids is 4. The Morgan fingerprint density at radius 2 is 1.73 bits per heavy atom. The molecule has 7 heterocycles. The smallest absolute Gasteiger partial charge is 0.340 e. The maximum Gasteiger partial charge on any atom is 0.340 e. The number of amides is 2. The third-order valence-corrected chi connectivity index (χ3v) is 19.0. The average molecular weight is 848 g/mol. The number of cyclic esters (lactones) is 1. The predicted octanol–water partition coefficient (Wildman–Crippen LogP) is 9.04. The molecule has 3 saturated carbocycles. The molecule has 4 fully saturated rings. The van der Waals surface area contributed by atoms with Crippen LogP contribution in [0.25, 0.3) is 6.08 Å². The van der Waals surface area contributed by atoms with E-state index >= 15 is 4.79 Å². The number of allylic oxidation sites excluding steroid dienone is 4. The zero-order chi connectivity index (χ0) is 40.9. The van der Waals surface area contributed by atoms with Gasteiger partial charge in [0.15, 0.2) is 0 Å². The number of nitrogens with zero attached hydrogens (tertiary/aromatic N) is 2. The minimum Gasteiger partial charge on any atom is -0.427 e. The maximum atomic E-state index is 15.1. The Bertz CT molecular complexity index is 2240. The fraction of sp³-hybridized carbons (Fsp3) is 0.562. The second-order valence-corrected chi connectivity index (χ2v) is 21.5. The SMILES string of the molecule is CCC1(C=C2OC(=O)C3=C2CCC2C4CCC5(C6=CCC(C7CCCCC7)C(O)SSC7C=Cc8c(ccnc8N7)C(CN7C(=O)C=CC7=O)C4=C5C(=O)O6)C32)CCCC1. The number of fused-ring (bicyclic) bond motifs is 6. The molecule has 12 heteroatoms. The summed E-state index contributed by atoms with van der Waals surface area (Å²) in [5.74, 6) is -0.143. The minimum atomic E-state index is -0.945. The van der Waals surface area contributed by atoms with Crippen molar-refractivity contribution in [2.75, 3.05) is 11.9 Å². The first kappa shape index (κ1) is 39.0. The number of imide groups is 1. The normalized spacial score (nSPS) is 36.2. The van der Waals surface area contributed by atoms with Crippen molar-refractivity contribution in [3.05, 3.63) is 87.6 Å². The summed E-state index contributed by atoms with van der Waals surface area (Å²) < 4.78 is 13.0. The van der Waals surface area contributed by atoms with Crippen molar-refractivity contribution in [2.45, 2.75) is 120 Å². The summed E-state index contributed by atoms with van der Waals surface area (Å²) in [5, 5.41) is 15.5. The van der Waals surface area contributed by atoms with E-state index in [9.17, 15) is 19.5 Å². The molecule has 314 valence electrons. The van der Waals surface area contributed by atoms with Crippen LogP contribution in [0.4, 0.5) is 5.82 Å². The molecule has 10 nitrogen and oxygen atoms in total. The Kier molecular flexibility index (Phi) is 9.69. The van der Waals surface area contributed by atoms with Crippen LogP contribution in [0, 0.1) is 40.4 Å². The third-order valence-electron chi connectivity index (χ3n) is 16.3. The summed E-state index contributed by atoms with van der Waals surface area (Å²) in [6, 6.07) is 1.97. The molecule has 1 aromatic rings. The van der Waals surface area contributed by atoms with Gasteiger partial charge in [-0.15, -0.1) is 0 Å². The minimum absolute atomic E-state index is 0.000413. The number of hydrogen-bond donors (Lipinski definition) is 2. The number of nitrogens with one attached hydrogen (secondary N) is 1. The highest BCUT2D eigenvalue weighted by Crippen LogP contribution is 2.72. The van der Waals surface area contributed by atoms with Gasteiger partial charge in [-0.05, 0) is 104 Å². The van der Waals surface area contributed by atoms with Gasteiger partial charge in [0.1, 0.15) is 28.1 Å². The number of aromatic nitrogens is 1. The first-order valence-corrected chi connectivity index (χ1v) is 24.8. The molecule has 8 unspecified atom stereocenters. The molecule has 8 atom stereocenters. The van der Waals surface area contributed by atoms with Crippen molar-refractivity contribution in [1.82, 2.24) is 9.88 Å². The van der Waals surface area contributed by atoms with Gasteiger partial charge in [-0.1, -0.05) is 85.6 Å². The zero-order valence-electron chi connectivity index (χ0n) is 34.2. The van der Waals surface area contributed by atoms with Crippen molar-refractivity contribution >= 4 is 57.2 Å². The van der Waals surface area contributed by atoms with E-state index < -0.39 is 22.7 Å². The first-order chi connectivity index (χ1) is 29.2. The van der Waals surface area contributed by atoms with Crippen LogP contribution in [0.2, 0.25) is 0 Å². The van der Waals surface area contributed by atoms with Crippen molar-refractivity contribution in [1.29, 1.82) is 0 Å². The zero-order valence-corrected chi connectivity index (χ0v) is 35.8. The van der Waals surface area contributed by atoms with E-state index in [-0.39, 0.29) is 58.8 Å². The summed E-state index contributed by atoms with van der Waals surface area (Å²) in [6.07, 6.45) is 27.5. The number of carbonyl (C=O) groups is 4. The maximum absolute atomic E-state index is 15.1. The number of aliphatic hydroxyl groups is 1. The Morgan fingerprint density at radius 3 is 2.52 bits per heavy atom. The number of esters is 2. The number of ether oxygens (including phenoxy) is 2. The highest BCUT2D eigenvalue weighted by molar-refractivity contribution is 8.77. The van der Waals surface area contributed by atoms with E-state index in [1.54, 1.807) is 17.0 Å². The summed E-state index contributed by atoms with van der Waals surface area (Å²) in [7, 11) is 3.06. The van der Waals surface area contributed by atoms with E-state index in [2.05, 4.69) is 36.5 Å². The van der Waals surface area contributed by atoms with E-state index in [1.807, 2.05) is 6.07 Å². The molecule has 2 amide bonds. The highest BCUT2D eigenvalue weighted by Gasteiger charge is 2.69. The lowest BCUT2D eigenvalue weighted by molar-refractivity contribution is -0.137. The number of aliphatic hydroxyl groups excluding tert-OH is 1. The molecular weight excluding hydrogens is 795 g/mol. The summed E-state index contributed by atoms with van der Waals surface area (Å²) in [6.45, 7) is 2.30. The Hall–Kier alpha value is -3.87. The third kappa shape index (κ3) is 5.96. The van der Waals surface area contributed by atoms with Crippen LogP contribution in [0.3, 0.4) is 0 Å². The molecular formula is C48H53N3O7S2. The van der Waals surface area contributed by atoms with Crippen molar-refractivity contribution in [3.8, 4) is 0 Å². The van der Waals surface area contributed by atoms with Crippen LogP contribution < -0.4 is 5.32 Å². The molecule has 0 aromatic carbocycles. The van der Waals surface area contributed by atoms with Crippen LogP contribution in [0.5, 0.6) is 0 Å². The molecule has 1 saturated heterocycles. The molecule has 12 aliphatic rings. The van der Waals surface area contributed by atoms with Crippen LogP contribution in [-0.2, 0) is 28.7 Å². The largest absolute Gasteiger partial charge is 0.427 e. The Labute approximate surface area is 359 Å². The lowest BCUT2D eigenvalue weighted by Crippen LogP contribution is -2.53. The van der Waals surface area contributed by atoms with Gasteiger partial charge >= 0.3 is 11.9 Å². The van der Waals surface area contributed by atoms with Gasteiger partial charge in [-0.3, -0.25) is 14.5 Å². The van der Waals surface area contributed by atoms with E-state index in [4.69, 9.17) is 14.5 Å². The molecule has 13 rings (SSSR count). The average Bonchev–Trinajstić information content (AvgIpc) is 4.03. The van der Waals surface area contributed by atoms with Crippen LogP contribution in [-0.4, -0.2) is 56.1 Å². The van der Waals surface area contributed by atoms with E-state index in [1.165, 1.54) is 47.1 Å². The molecule has 6 aliphatic heterocycles. The van der Waals surface area contributed by atoms with Gasteiger partial charge < -0.3 is 19.9 Å². The summed E-state index contributed by atoms with van der Waals surface area (Å²) >= 11 is 0. The topological polar surface area (TPSA) is 135 Å². The fourth-order valence-corrected chi connectivity index (χ4v) is 16.0. The molecule has 0 radical (unpaired) electrons.